The van der Waals surface area contributed by atoms with Crippen LogP contribution in [0.2, 0.25) is 0 Å². The number of imidazole rings is 1. The van der Waals surface area contributed by atoms with Crippen molar-refractivity contribution in [2.45, 2.75) is 24.7 Å². The van der Waals surface area contributed by atoms with Crippen molar-refractivity contribution < 1.29 is 13.6 Å². The lowest BCUT2D eigenvalue weighted by molar-refractivity contribution is -0.119. The number of carbonyl (C=O) groups excluding carboxylic acids is 1. The summed E-state index contributed by atoms with van der Waals surface area (Å²) in [6.45, 7) is 2.31. The van der Waals surface area contributed by atoms with E-state index in [4.69, 9.17) is 0 Å². The van der Waals surface area contributed by atoms with Gasteiger partial charge in [0.15, 0.2) is 10.8 Å². The summed E-state index contributed by atoms with van der Waals surface area (Å²) >= 11 is 1.31. The first-order chi connectivity index (χ1) is 15.0. The molecule has 4 aromatic rings. The zero-order valence-corrected chi connectivity index (χ0v) is 17.6. The molecule has 0 radical (unpaired) electrons. The zero-order valence-electron chi connectivity index (χ0n) is 16.8. The number of hydrogen-bond acceptors (Lipinski definition) is 4. The lowest BCUT2D eigenvalue weighted by Gasteiger charge is -2.14. The highest BCUT2D eigenvalue weighted by Gasteiger charge is 2.16. The number of amides is 1. The summed E-state index contributed by atoms with van der Waals surface area (Å²) in [4.78, 5) is 21.5. The van der Waals surface area contributed by atoms with Crippen LogP contribution in [0.15, 0.2) is 72.0 Å². The second-order valence-corrected chi connectivity index (χ2v) is 8.03. The third kappa shape index (κ3) is 5.08. The molecule has 4 rings (SSSR count). The molecule has 0 saturated carbocycles. The van der Waals surface area contributed by atoms with Gasteiger partial charge in [-0.2, -0.15) is 0 Å². The van der Waals surface area contributed by atoms with E-state index in [1.165, 1.54) is 36.0 Å². The van der Waals surface area contributed by atoms with Crippen LogP contribution in [0.4, 0.5) is 8.78 Å². The van der Waals surface area contributed by atoms with Crippen LogP contribution in [0.5, 0.6) is 0 Å². The Balaban J connectivity index is 1.48. The van der Waals surface area contributed by atoms with Crippen molar-refractivity contribution >= 4 is 28.8 Å². The number of pyridine rings is 1. The maximum atomic E-state index is 13.3. The van der Waals surface area contributed by atoms with Gasteiger partial charge in [-0.05, 0) is 54.4 Å². The van der Waals surface area contributed by atoms with Gasteiger partial charge in [0.05, 0.1) is 18.3 Å². The molecular formula is C23H20F2N4OS. The lowest BCUT2D eigenvalue weighted by atomic mass is 10.1. The van der Waals surface area contributed by atoms with E-state index in [1.807, 2.05) is 23.6 Å². The fraction of sp³-hybridized carbons (Fsp3) is 0.174. The molecule has 0 aliphatic rings. The van der Waals surface area contributed by atoms with Crippen molar-refractivity contribution in [3.63, 3.8) is 0 Å². The molecule has 0 aliphatic heterocycles. The van der Waals surface area contributed by atoms with Gasteiger partial charge in [0.1, 0.15) is 17.2 Å². The van der Waals surface area contributed by atoms with Crippen molar-refractivity contribution in [3.8, 4) is 0 Å². The van der Waals surface area contributed by atoms with Gasteiger partial charge in [-0.1, -0.05) is 36.0 Å². The van der Waals surface area contributed by atoms with Gasteiger partial charge < -0.3 is 5.32 Å². The van der Waals surface area contributed by atoms with Gasteiger partial charge in [-0.15, -0.1) is 0 Å². The number of nitrogens with zero attached hydrogens (tertiary/aromatic N) is 3. The highest BCUT2D eigenvalue weighted by molar-refractivity contribution is 7.99. The Labute approximate surface area is 182 Å². The number of carbonyl (C=O) groups is 1. The first-order valence-electron chi connectivity index (χ1n) is 9.73. The number of aromatic nitrogens is 3. The van der Waals surface area contributed by atoms with E-state index < -0.39 is 0 Å². The quantitative estimate of drug-likeness (QED) is 0.424. The topological polar surface area (TPSA) is 59.8 Å². The van der Waals surface area contributed by atoms with Crippen molar-refractivity contribution in [1.29, 1.82) is 0 Å². The van der Waals surface area contributed by atoms with Crippen molar-refractivity contribution in [2.24, 2.45) is 0 Å². The van der Waals surface area contributed by atoms with E-state index in [9.17, 15) is 13.6 Å². The van der Waals surface area contributed by atoms with Gasteiger partial charge in [0.2, 0.25) is 5.91 Å². The maximum Gasteiger partial charge on any atom is 0.230 e. The molecule has 0 aliphatic carbocycles. The first-order valence-corrected chi connectivity index (χ1v) is 10.7. The zero-order chi connectivity index (χ0) is 21.8. The molecule has 5 nitrogen and oxygen atoms in total. The maximum absolute atomic E-state index is 13.3. The average molecular weight is 439 g/mol. The Morgan fingerprint density at radius 3 is 2.45 bits per heavy atom. The minimum absolute atomic E-state index is 0.157. The van der Waals surface area contributed by atoms with E-state index in [0.717, 1.165) is 16.6 Å². The Kier molecular flexibility index (Phi) is 6.27. The molecule has 2 heterocycles. The largest absolute Gasteiger partial charge is 0.349 e. The van der Waals surface area contributed by atoms with Crippen LogP contribution in [-0.4, -0.2) is 26.2 Å². The molecule has 1 N–H and O–H groups in total. The SMILES string of the molecule is CC(NC(=O)CSc1nc2cccnc2n1Cc1ccc(F)cc1)c1ccc(F)cc1. The fourth-order valence-corrected chi connectivity index (χ4v) is 4.02. The Hall–Kier alpha value is -3.26. The van der Waals surface area contributed by atoms with Crippen molar-refractivity contribution in [2.75, 3.05) is 5.75 Å². The number of fused-ring (bicyclic) bond motifs is 1. The third-order valence-electron chi connectivity index (χ3n) is 4.80. The summed E-state index contributed by atoms with van der Waals surface area (Å²) < 4.78 is 28.3. The van der Waals surface area contributed by atoms with Crippen LogP contribution in [0.1, 0.15) is 24.1 Å². The highest BCUT2D eigenvalue weighted by Crippen LogP contribution is 2.24. The van der Waals surface area contributed by atoms with E-state index in [1.54, 1.807) is 30.5 Å². The highest BCUT2D eigenvalue weighted by atomic mass is 32.2. The molecule has 31 heavy (non-hydrogen) atoms. The summed E-state index contributed by atoms with van der Waals surface area (Å²) in [5, 5.41) is 3.57. The number of halogens is 2. The van der Waals surface area contributed by atoms with Crippen LogP contribution >= 0.6 is 11.8 Å². The summed E-state index contributed by atoms with van der Waals surface area (Å²) in [7, 11) is 0. The molecule has 158 valence electrons. The van der Waals surface area contributed by atoms with Gasteiger partial charge in [-0.25, -0.2) is 18.7 Å². The van der Waals surface area contributed by atoms with Crippen LogP contribution in [0, 0.1) is 11.6 Å². The number of rotatable bonds is 7. The summed E-state index contributed by atoms with van der Waals surface area (Å²) in [5.41, 5.74) is 3.16. The predicted molar refractivity (Wildman–Crippen MR) is 117 cm³/mol. The number of nitrogens with one attached hydrogen (secondary N) is 1. The van der Waals surface area contributed by atoms with Crippen molar-refractivity contribution in [1.82, 2.24) is 19.9 Å². The van der Waals surface area contributed by atoms with E-state index in [-0.39, 0.29) is 29.3 Å². The fourth-order valence-electron chi connectivity index (χ4n) is 3.21. The molecule has 1 amide bonds. The second kappa shape index (κ2) is 9.26. The second-order valence-electron chi connectivity index (χ2n) is 7.08. The summed E-state index contributed by atoms with van der Waals surface area (Å²) in [6, 6.07) is 15.8. The monoisotopic (exact) mass is 438 g/mol. The number of hydrogen-bond donors (Lipinski definition) is 1. The third-order valence-corrected chi connectivity index (χ3v) is 5.78. The predicted octanol–water partition coefficient (Wildman–Crippen LogP) is 4.73. The molecule has 0 bridgehead atoms. The normalized spacial score (nSPS) is 12.1. The number of benzene rings is 2. The Morgan fingerprint density at radius 2 is 1.74 bits per heavy atom. The van der Waals surface area contributed by atoms with Crippen molar-refractivity contribution in [3.05, 3.63) is 89.6 Å². The molecule has 0 fully saturated rings. The minimum atomic E-state index is -0.313. The molecule has 2 aromatic heterocycles. The summed E-state index contributed by atoms with van der Waals surface area (Å²) in [5.74, 6) is -0.598. The van der Waals surface area contributed by atoms with Gasteiger partial charge in [-0.3, -0.25) is 9.36 Å². The number of thioether (sulfide) groups is 1. The average Bonchev–Trinajstić information content (AvgIpc) is 3.11. The molecule has 0 saturated heterocycles. The minimum Gasteiger partial charge on any atom is -0.349 e. The van der Waals surface area contributed by atoms with Gasteiger partial charge >= 0.3 is 0 Å². The molecule has 2 aromatic carbocycles. The van der Waals surface area contributed by atoms with E-state index in [0.29, 0.717) is 17.3 Å². The lowest BCUT2D eigenvalue weighted by Crippen LogP contribution is -2.28. The smallest absolute Gasteiger partial charge is 0.230 e. The summed E-state index contributed by atoms with van der Waals surface area (Å²) in [6.07, 6.45) is 1.69. The van der Waals surface area contributed by atoms with E-state index >= 15 is 0 Å². The Morgan fingerprint density at radius 1 is 1.06 bits per heavy atom. The molecule has 1 atom stereocenters. The first kappa shape index (κ1) is 21.0. The standard InChI is InChI=1S/C23H20F2N4OS/c1-15(17-6-10-19(25)11-7-17)27-21(30)14-31-23-28-20-3-2-12-26-22(20)29(23)13-16-4-8-18(24)9-5-16/h2-12,15H,13-14H2,1H3,(H,27,30). The molecule has 0 spiro atoms. The van der Waals surface area contributed by atoms with Gasteiger partial charge in [0, 0.05) is 6.20 Å². The van der Waals surface area contributed by atoms with Crippen LogP contribution in [-0.2, 0) is 11.3 Å². The van der Waals surface area contributed by atoms with Gasteiger partial charge in [0.25, 0.3) is 0 Å². The van der Waals surface area contributed by atoms with Crippen LogP contribution < -0.4 is 5.32 Å². The van der Waals surface area contributed by atoms with Crippen LogP contribution in [0.25, 0.3) is 11.2 Å². The molecular weight excluding hydrogens is 418 g/mol. The van der Waals surface area contributed by atoms with E-state index in [2.05, 4.69) is 15.3 Å². The van der Waals surface area contributed by atoms with Crippen LogP contribution in [0.3, 0.4) is 0 Å². The molecule has 8 heteroatoms. The Bertz CT molecular complexity index is 1190. The molecule has 1 unspecified atom stereocenters.